The van der Waals surface area contributed by atoms with Crippen molar-refractivity contribution in [2.24, 2.45) is 16.8 Å². The lowest BCUT2D eigenvalue weighted by Crippen LogP contribution is -2.56. The summed E-state index contributed by atoms with van der Waals surface area (Å²) in [6, 6.07) is 16.7. The van der Waals surface area contributed by atoms with E-state index in [9.17, 15) is 29.6 Å². The van der Waals surface area contributed by atoms with E-state index in [-0.39, 0.29) is 19.5 Å². The van der Waals surface area contributed by atoms with Crippen LogP contribution in [-0.2, 0) is 14.4 Å². The number of carboxylic acids is 1. The molecule has 2 aromatic rings. The zero-order chi connectivity index (χ0) is 30.0. The number of aliphatic carboxylic acids is 1. The van der Waals surface area contributed by atoms with Crippen LogP contribution < -0.4 is 5.32 Å². The quantitative estimate of drug-likeness (QED) is 0.134. The van der Waals surface area contributed by atoms with E-state index in [2.05, 4.69) is 10.3 Å². The molecular weight excluding hydrogens is 558 g/mol. The average molecular weight is 591 g/mol. The SMILES string of the molecule is CSCCC1(C(=O)O)NC(c2ccc(C=Cc3ccccc3)cc2)C2C(=O)N(CC[N+]3=C(C)N=CC3[N+](=O)[O-])C(=O)C21. The highest BCUT2D eigenvalue weighted by Crippen LogP contribution is 2.50. The van der Waals surface area contributed by atoms with Crippen LogP contribution in [0.1, 0.15) is 36.1 Å². The fraction of sp³-hybridized carbons (Fsp3) is 0.367. The van der Waals surface area contributed by atoms with Gasteiger partial charge in [-0.05, 0) is 40.1 Å². The second kappa shape index (κ2) is 12.0. The van der Waals surface area contributed by atoms with E-state index >= 15 is 0 Å². The molecule has 3 aliphatic heterocycles. The molecule has 2 fully saturated rings. The predicted octanol–water partition coefficient (Wildman–Crippen LogP) is 2.80. The van der Waals surface area contributed by atoms with E-state index in [0.29, 0.717) is 17.2 Å². The van der Waals surface area contributed by atoms with Gasteiger partial charge in [-0.25, -0.2) is 0 Å². The van der Waals surface area contributed by atoms with Crippen molar-refractivity contribution in [1.82, 2.24) is 10.2 Å². The van der Waals surface area contributed by atoms with Crippen molar-refractivity contribution in [3.8, 4) is 0 Å². The van der Waals surface area contributed by atoms with Gasteiger partial charge in [0.2, 0.25) is 18.0 Å². The second-order valence-corrected chi connectivity index (χ2v) is 11.6. The minimum atomic E-state index is -1.63. The number of amidine groups is 1. The molecule has 5 unspecified atom stereocenters. The zero-order valence-corrected chi connectivity index (χ0v) is 24.1. The monoisotopic (exact) mass is 590 g/mol. The molecule has 0 aliphatic carbocycles. The van der Waals surface area contributed by atoms with Gasteiger partial charge in [0.1, 0.15) is 12.1 Å². The smallest absolute Gasteiger partial charge is 0.405 e. The molecule has 0 aromatic heterocycles. The number of likely N-dealkylation sites (tertiary alicyclic amines) is 1. The average Bonchev–Trinajstić information content (AvgIpc) is 3.61. The van der Waals surface area contributed by atoms with E-state index in [1.54, 1.807) is 6.92 Å². The Morgan fingerprint density at radius 1 is 1.14 bits per heavy atom. The Hall–Kier alpha value is -4.16. The number of carbonyl (C=O) groups is 3. The van der Waals surface area contributed by atoms with E-state index in [1.807, 2.05) is 73.0 Å². The van der Waals surface area contributed by atoms with Crippen LogP contribution in [-0.4, -0.2) is 86.1 Å². The minimum absolute atomic E-state index is 0.0137. The summed E-state index contributed by atoms with van der Waals surface area (Å²) in [7, 11) is 0. The maximum atomic E-state index is 13.9. The molecule has 3 heterocycles. The summed E-state index contributed by atoms with van der Waals surface area (Å²) >= 11 is 1.47. The lowest BCUT2D eigenvalue weighted by molar-refractivity contribution is -0.735. The third kappa shape index (κ3) is 5.27. The molecule has 11 nitrogen and oxygen atoms in total. The molecule has 3 aliphatic rings. The Morgan fingerprint density at radius 2 is 1.81 bits per heavy atom. The summed E-state index contributed by atoms with van der Waals surface area (Å²) < 4.78 is 1.42. The number of hydrogen-bond acceptors (Lipinski definition) is 8. The first-order valence-electron chi connectivity index (χ1n) is 13.6. The fourth-order valence-corrected chi connectivity index (χ4v) is 6.65. The normalized spacial score (nSPS) is 27.0. The number of nitro groups is 1. The summed E-state index contributed by atoms with van der Waals surface area (Å²) in [6.45, 7) is 1.53. The molecule has 0 bridgehead atoms. The van der Waals surface area contributed by atoms with Crippen molar-refractivity contribution < 1.29 is 29.0 Å². The molecule has 5 rings (SSSR count). The number of carbonyl (C=O) groups excluding carboxylic acids is 2. The van der Waals surface area contributed by atoms with Gasteiger partial charge in [-0.2, -0.15) is 16.3 Å². The number of aliphatic imine (C=N–C) groups is 1. The number of benzene rings is 2. The summed E-state index contributed by atoms with van der Waals surface area (Å²) in [5.41, 5.74) is 1.06. The van der Waals surface area contributed by atoms with Gasteiger partial charge in [0, 0.05) is 13.0 Å². The Morgan fingerprint density at radius 3 is 2.43 bits per heavy atom. The Bertz CT molecular complexity index is 1490. The third-order valence-corrected chi connectivity index (χ3v) is 8.91. The van der Waals surface area contributed by atoms with Crippen LogP contribution in [0.5, 0.6) is 0 Å². The van der Waals surface area contributed by atoms with E-state index in [4.69, 9.17) is 0 Å². The highest BCUT2D eigenvalue weighted by molar-refractivity contribution is 7.98. The molecule has 0 saturated carbocycles. The standard InChI is InChI=1S/C30H31N5O6S/c1-19-31-18-23(35(40)41)33(19)15-16-34-27(36)24-25(28(34)37)30(29(38)39,14-17-42-2)32-26(24)22-12-10-21(11-13-22)9-8-20-6-4-3-5-7-20/h3-13,18,23-26,32H,14-17H2,1-2H3/p+1. The van der Waals surface area contributed by atoms with E-state index < -0.39 is 52.3 Å². The maximum absolute atomic E-state index is 13.9. The van der Waals surface area contributed by atoms with Gasteiger partial charge in [-0.3, -0.25) is 34.7 Å². The number of nitrogens with one attached hydrogen (secondary N) is 1. The predicted molar refractivity (Wildman–Crippen MR) is 160 cm³/mol. The molecule has 2 amide bonds. The fourth-order valence-electron chi connectivity index (χ4n) is 6.13. The Labute approximate surface area is 247 Å². The van der Waals surface area contributed by atoms with Crippen molar-refractivity contribution in [3.63, 3.8) is 0 Å². The van der Waals surface area contributed by atoms with Crippen LogP contribution in [0, 0.1) is 22.0 Å². The number of fused-ring (bicyclic) bond motifs is 1. The number of carboxylic acid groups (broad SMARTS) is 1. The highest BCUT2D eigenvalue weighted by Gasteiger charge is 2.68. The van der Waals surface area contributed by atoms with Crippen LogP contribution in [0.25, 0.3) is 12.2 Å². The van der Waals surface area contributed by atoms with Gasteiger partial charge in [0.15, 0.2) is 0 Å². The minimum Gasteiger partial charge on any atom is -0.480 e. The van der Waals surface area contributed by atoms with Crippen molar-refractivity contribution in [3.05, 3.63) is 81.4 Å². The van der Waals surface area contributed by atoms with Gasteiger partial charge in [0.05, 0.1) is 23.3 Å². The number of nitrogens with zero attached hydrogens (tertiary/aromatic N) is 4. The summed E-state index contributed by atoms with van der Waals surface area (Å²) in [5, 5.41) is 25.2. The van der Waals surface area contributed by atoms with Crippen molar-refractivity contribution >= 4 is 53.7 Å². The molecule has 2 N–H and O–H groups in total. The van der Waals surface area contributed by atoms with Crippen LogP contribution in [0.2, 0.25) is 0 Å². The molecule has 42 heavy (non-hydrogen) atoms. The Balaban J connectivity index is 1.43. The zero-order valence-electron chi connectivity index (χ0n) is 23.3. The van der Waals surface area contributed by atoms with E-state index in [1.165, 1.54) is 22.6 Å². The topological polar surface area (TPSA) is 145 Å². The number of thioether (sulfide) groups is 1. The van der Waals surface area contributed by atoms with Crippen LogP contribution in [0.3, 0.4) is 0 Å². The second-order valence-electron chi connectivity index (χ2n) is 10.6. The highest BCUT2D eigenvalue weighted by atomic mass is 32.2. The van der Waals surface area contributed by atoms with Gasteiger partial charge >= 0.3 is 12.1 Å². The van der Waals surface area contributed by atoms with Crippen molar-refractivity contribution in [2.75, 3.05) is 25.1 Å². The first-order chi connectivity index (χ1) is 20.2. The molecule has 2 aromatic carbocycles. The number of amides is 2. The molecule has 218 valence electrons. The Kier molecular flexibility index (Phi) is 8.37. The lowest BCUT2D eigenvalue weighted by atomic mass is 9.78. The number of rotatable bonds is 11. The van der Waals surface area contributed by atoms with Crippen LogP contribution >= 0.6 is 11.8 Å². The number of imide groups is 1. The maximum Gasteiger partial charge on any atom is 0.405 e. The largest absolute Gasteiger partial charge is 0.480 e. The summed E-state index contributed by atoms with van der Waals surface area (Å²) in [5.74, 6) is -3.36. The molecule has 2 saturated heterocycles. The molecular formula is C30H32N5O6S+. The van der Waals surface area contributed by atoms with Gasteiger partial charge in [-0.15, -0.1) is 0 Å². The molecule has 12 heteroatoms. The molecule has 0 spiro atoms. The summed E-state index contributed by atoms with van der Waals surface area (Å²) in [4.78, 5) is 56.6. The molecule has 5 atom stereocenters. The van der Waals surface area contributed by atoms with Gasteiger partial charge in [0.25, 0.3) is 5.84 Å². The van der Waals surface area contributed by atoms with E-state index in [0.717, 1.165) is 16.0 Å². The van der Waals surface area contributed by atoms with Crippen molar-refractivity contribution in [2.45, 2.75) is 31.1 Å². The third-order valence-electron chi connectivity index (χ3n) is 8.30. The van der Waals surface area contributed by atoms with Gasteiger partial charge in [-0.1, -0.05) is 66.7 Å². The van der Waals surface area contributed by atoms with Gasteiger partial charge < -0.3 is 5.11 Å². The number of hydrogen-bond donors (Lipinski definition) is 2. The van der Waals surface area contributed by atoms with Crippen molar-refractivity contribution in [1.29, 1.82) is 0 Å². The lowest BCUT2D eigenvalue weighted by Gasteiger charge is -2.31. The van der Waals surface area contributed by atoms with Crippen LogP contribution in [0.15, 0.2) is 59.6 Å². The molecule has 0 radical (unpaired) electrons. The first-order valence-corrected chi connectivity index (χ1v) is 15.0. The first kappa shape index (κ1) is 29.3. The summed E-state index contributed by atoms with van der Waals surface area (Å²) in [6.07, 6.45) is 6.01. The van der Waals surface area contributed by atoms with Crippen LogP contribution in [0.4, 0.5) is 0 Å².